The largest absolute Gasteiger partial charge is 0.508 e. The van der Waals surface area contributed by atoms with E-state index in [1.165, 1.54) is 32.1 Å². The fourth-order valence-corrected chi connectivity index (χ4v) is 5.08. The average molecular weight is 400 g/mol. The second-order valence-corrected chi connectivity index (χ2v) is 8.87. The van der Waals surface area contributed by atoms with Gasteiger partial charge in [-0.2, -0.15) is 0 Å². The lowest BCUT2D eigenvalue weighted by Crippen LogP contribution is -2.53. The molecule has 158 valence electrons. The fraction of sp³-hybridized carbons (Fsp3) is 0.652. The van der Waals surface area contributed by atoms with E-state index in [1.807, 2.05) is 21.9 Å². The van der Waals surface area contributed by atoms with Gasteiger partial charge in [0.25, 0.3) is 0 Å². The number of carbonyl (C=O) groups excluding carboxylic acids is 2. The van der Waals surface area contributed by atoms with Crippen LogP contribution in [0.3, 0.4) is 0 Å². The molecule has 0 radical (unpaired) electrons. The number of amides is 2. The van der Waals surface area contributed by atoms with Crippen molar-refractivity contribution < 1.29 is 14.7 Å². The standard InChI is InChI=1S/C23H33N3O3/c27-21-9-7-20(8-10-21)24-12-14-25(15-13-24)23(29)19-6-11-22(28)26(17-19)16-18-4-2-1-3-5-18/h7-10,18-19,27H,1-6,11-17H2/t19-/m0/s1. The van der Waals surface area contributed by atoms with Gasteiger partial charge in [0.1, 0.15) is 5.75 Å². The van der Waals surface area contributed by atoms with Gasteiger partial charge in [-0.25, -0.2) is 0 Å². The van der Waals surface area contributed by atoms with E-state index in [1.54, 1.807) is 12.1 Å². The molecule has 4 rings (SSSR count). The smallest absolute Gasteiger partial charge is 0.227 e. The van der Waals surface area contributed by atoms with Crippen molar-refractivity contribution >= 4 is 17.5 Å². The molecule has 0 spiro atoms. The molecular weight excluding hydrogens is 366 g/mol. The van der Waals surface area contributed by atoms with Crippen molar-refractivity contribution in [1.29, 1.82) is 0 Å². The number of nitrogens with zero attached hydrogens (tertiary/aromatic N) is 3. The van der Waals surface area contributed by atoms with Gasteiger partial charge in [0.05, 0.1) is 5.92 Å². The molecule has 0 aromatic heterocycles. The molecule has 29 heavy (non-hydrogen) atoms. The number of aromatic hydroxyl groups is 1. The maximum Gasteiger partial charge on any atom is 0.227 e. The molecule has 2 saturated heterocycles. The molecule has 0 bridgehead atoms. The molecule has 2 aliphatic heterocycles. The molecule has 2 amide bonds. The monoisotopic (exact) mass is 399 g/mol. The Balaban J connectivity index is 1.29. The number of piperidine rings is 1. The van der Waals surface area contributed by atoms with Crippen molar-refractivity contribution in [1.82, 2.24) is 9.80 Å². The van der Waals surface area contributed by atoms with Crippen LogP contribution < -0.4 is 4.90 Å². The molecule has 1 atom stereocenters. The molecule has 1 aliphatic carbocycles. The molecule has 3 aliphatic rings. The van der Waals surface area contributed by atoms with Gasteiger partial charge in [-0.3, -0.25) is 9.59 Å². The maximum absolute atomic E-state index is 13.1. The van der Waals surface area contributed by atoms with Crippen LogP contribution in [0.1, 0.15) is 44.9 Å². The van der Waals surface area contributed by atoms with E-state index < -0.39 is 0 Å². The summed E-state index contributed by atoms with van der Waals surface area (Å²) in [6.07, 6.45) is 7.53. The molecule has 2 heterocycles. The highest BCUT2D eigenvalue weighted by atomic mass is 16.3. The quantitative estimate of drug-likeness (QED) is 0.846. The van der Waals surface area contributed by atoms with Crippen LogP contribution in [0.4, 0.5) is 5.69 Å². The predicted octanol–water partition coefficient (Wildman–Crippen LogP) is 2.86. The summed E-state index contributed by atoms with van der Waals surface area (Å²) in [5.41, 5.74) is 1.08. The van der Waals surface area contributed by atoms with E-state index in [2.05, 4.69) is 4.90 Å². The van der Waals surface area contributed by atoms with Crippen molar-refractivity contribution in [2.45, 2.75) is 44.9 Å². The van der Waals surface area contributed by atoms with E-state index in [9.17, 15) is 14.7 Å². The zero-order valence-electron chi connectivity index (χ0n) is 17.3. The van der Waals surface area contributed by atoms with Crippen LogP contribution >= 0.6 is 0 Å². The van der Waals surface area contributed by atoms with Crippen molar-refractivity contribution in [3.8, 4) is 5.75 Å². The molecule has 1 saturated carbocycles. The molecule has 0 unspecified atom stereocenters. The van der Waals surface area contributed by atoms with E-state index >= 15 is 0 Å². The number of phenols is 1. The summed E-state index contributed by atoms with van der Waals surface area (Å²) in [5.74, 6) is 1.30. The number of piperazine rings is 1. The van der Waals surface area contributed by atoms with Gasteiger partial charge >= 0.3 is 0 Å². The minimum atomic E-state index is -0.0449. The molecule has 1 aromatic carbocycles. The van der Waals surface area contributed by atoms with Crippen molar-refractivity contribution in [3.05, 3.63) is 24.3 Å². The summed E-state index contributed by atoms with van der Waals surface area (Å²) in [6, 6.07) is 7.24. The first-order valence-electron chi connectivity index (χ1n) is 11.2. The summed E-state index contributed by atoms with van der Waals surface area (Å²) in [6.45, 7) is 4.48. The molecule has 6 heteroatoms. The Hall–Kier alpha value is -2.24. The molecule has 1 aromatic rings. The number of hydrogen-bond donors (Lipinski definition) is 1. The van der Waals surface area contributed by atoms with Gasteiger partial charge in [0, 0.05) is 51.4 Å². The number of carbonyl (C=O) groups is 2. The second-order valence-electron chi connectivity index (χ2n) is 8.87. The Bertz CT molecular complexity index is 707. The fourth-order valence-electron chi connectivity index (χ4n) is 5.08. The minimum Gasteiger partial charge on any atom is -0.508 e. The number of rotatable bonds is 4. The van der Waals surface area contributed by atoms with E-state index in [-0.39, 0.29) is 23.5 Å². The first-order valence-corrected chi connectivity index (χ1v) is 11.2. The van der Waals surface area contributed by atoms with Gasteiger partial charge in [-0.15, -0.1) is 0 Å². The van der Waals surface area contributed by atoms with Crippen LogP contribution in [0.15, 0.2) is 24.3 Å². The van der Waals surface area contributed by atoms with Crippen LogP contribution in [0.2, 0.25) is 0 Å². The van der Waals surface area contributed by atoms with E-state index in [0.717, 1.165) is 25.3 Å². The van der Waals surface area contributed by atoms with Crippen molar-refractivity contribution in [2.75, 3.05) is 44.2 Å². The first kappa shape index (κ1) is 20.0. The highest BCUT2D eigenvalue weighted by Crippen LogP contribution is 2.28. The first-order chi connectivity index (χ1) is 14.1. The zero-order chi connectivity index (χ0) is 20.2. The Labute approximate surface area is 173 Å². The Morgan fingerprint density at radius 2 is 1.66 bits per heavy atom. The normalized spacial score (nSPS) is 24.1. The molecule has 6 nitrogen and oxygen atoms in total. The van der Waals surface area contributed by atoms with Crippen molar-refractivity contribution in [3.63, 3.8) is 0 Å². The number of hydrogen-bond acceptors (Lipinski definition) is 4. The maximum atomic E-state index is 13.1. The van der Waals surface area contributed by atoms with E-state index in [4.69, 9.17) is 0 Å². The van der Waals surface area contributed by atoms with Crippen LogP contribution in [0.25, 0.3) is 0 Å². The van der Waals surface area contributed by atoms with Gasteiger partial charge in [0.2, 0.25) is 11.8 Å². The van der Waals surface area contributed by atoms with Gasteiger partial charge in [0.15, 0.2) is 0 Å². The van der Waals surface area contributed by atoms with E-state index in [0.29, 0.717) is 38.4 Å². The summed E-state index contributed by atoms with van der Waals surface area (Å²) in [4.78, 5) is 31.8. The third kappa shape index (κ3) is 4.85. The Kier molecular flexibility index (Phi) is 6.26. The topological polar surface area (TPSA) is 64.1 Å². The number of benzene rings is 1. The zero-order valence-corrected chi connectivity index (χ0v) is 17.3. The molecular formula is C23H33N3O3. The lowest BCUT2D eigenvalue weighted by atomic mass is 9.87. The lowest BCUT2D eigenvalue weighted by Gasteiger charge is -2.40. The third-order valence-corrected chi connectivity index (χ3v) is 6.86. The third-order valence-electron chi connectivity index (χ3n) is 6.86. The van der Waals surface area contributed by atoms with Gasteiger partial charge in [-0.1, -0.05) is 19.3 Å². The number of anilines is 1. The van der Waals surface area contributed by atoms with Crippen LogP contribution in [-0.4, -0.2) is 66.0 Å². The lowest BCUT2D eigenvalue weighted by molar-refractivity contribution is -0.143. The van der Waals surface area contributed by atoms with Gasteiger partial charge < -0.3 is 19.8 Å². The predicted molar refractivity (Wildman–Crippen MR) is 113 cm³/mol. The SMILES string of the molecule is O=C1CC[C@H](C(=O)N2CCN(c3ccc(O)cc3)CC2)CN1CC1CCCCC1. The number of phenolic OH excluding ortho intramolecular Hbond substituents is 1. The van der Waals surface area contributed by atoms with Gasteiger partial charge in [-0.05, 0) is 49.4 Å². The Morgan fingerprint density at radius 1 is 0.966 bits per heavy atom. The summed E-state index contributed by atoms with van der Waals surface area (Å²) in [5, 5.41) is 9.46. The summed E-state index contributed by atoms with van der Waals surface area (Å²) < 4.78 is 0. The Morgan fingerprint density at radius 3 is 2.34 bits per heavy atom. The summed E-state index contributed by atoms with van der Waals surface area (Å²) >= 11 is 0. The van der Waals surface area contributed by atoms with Crippen molar-refractivity contribution in [2.24, 2.45) is 11.8 Å². The van der Waals surface area contributed by atoms with Crippen LogP contribution in [0, 0.1) is 11.8 Å². The minimum absolute atomic E-state index is 0.0449. The number of likely N-dealkylation sites (tertiary alicyclic amines) is 1. The van der Waals surface area contributed by atoms with Crippen LogP contribution in [-0.2, 0) is 9.59 Å². The highest BCUT2D eigenvalue weighted by Gasteiger charge is 2.34. The highest BCUT2D eigenvalue weighted by molar-refractivity contribution is 5.84. The molecule has 1 N–H and O–H groups in total. The van der Waals surface area contributed by atoms with Crippen LogP contribution in [0.5, 0.6) is 5.75 Å². The summed E-state index contributed by atoms with van der Waals surface area (Å²) in [7, 11) is 0. The average Bonchev–Trinajstić information content (AvgIpc) is 2.76. The molecule has 3 fully saturated rings. The second kappa shape index (κ2) is 9.06.